The van der Waals surface area contributed by atoms with Gasteiger partial charge in [0.2, 0.25) is 0 Å². The Morgan fingerprint density at radius 3 is 2.22 bits per heavy atom. The lowest BCUT2D eigenvalue weighted by atomic mass is 10.1. The lowest BCUT2D eigenvalue weighted by Crippen LogP contribution is -2.26. The van der Waals surface area contributed by atoms with E-state index < -0.39 is 62.8 Å². The van der Waals surface area contributed by atoms with Crippen molar-refractivity contribution in [2.45, 2.75) is 25.3 Å². The predicted octanol–water partition coefficient (Wildman–Crippen LogP) is 5.92. The minimum absolute atomic E-state index is 0.224. The number of hydrogen-bond donors (Lipinski definition) is 0. The third-order valence-corrected chi connectivity index (χ3v) is 5.00. The molecule has 0 aromatic heterocycles. The Bertz CT molecular complexity index is 803. The summed E-state index contributed by atoms with van der Waals surface area (Å²) in [6, 6.07) is 0.464. The van der Waals surface area contributed by atoms with Gasteiger partial charge in [-0.15, -0.1) is 0 Å². The van der Waals surface area contributed by atoms with Crippen molar-refractivity contribution in [2.24, 2.45) is 17.3 Å². The minimum Gasteiger partial charge on any atom is -0.397 e. The average molecular weight is 439 g/mol. The normalized spacial score (nSPS) is 22.6. The number of benzene rings is 1. The molecule has 0 spiro atoms. The molecule has 27 heavy (non-hydrogen) atoms. The highest BCUT2D eigenvalue weighted by Crippen LogP contribution is 2.61. The Morgan fingerprint density at radius 1 is 1.15 bits per heavy atom. The van der Waals surface area contributed by atoms with Crippen molar-refractivity contribution in [1.82, 2.24) is 0 Å². The number of allylic oxidation sites excluding steroid dienone is 2. The van der Waals surface area contributed by atoms with Gasteiger partial charge < -0.3 is 4.74 Å². The van der Waals surface area contributed by atoms with Crippen molar-refractivity contribution < 1.29 is 40.3 Å². The van der Waals surface area contributed by atoms with Gasteiger partial charge in [-0.05, 0) is 35.1 Å². The van der Waals surface area contributed by atoms with E-state index in [1.165, 1.54) is 13.8 Å². The van der Waals surface area contributed by atoms with Crippen molar-refractivity contribution in [2.75, 3.05) is 0 Å². The molecule has 150 valence electrons. The Hall–Kier alpha value is -1.48. The van der Waals surface area contributed by atoms with Crippen molar-refractivity contribution in [3.63, 3.8) is 0 Å². The van der Waals surface area contributed by atoms with E-state index >= 15 is 0 Å². The fourth-order valence-corrected chi connectivity index (χ4v) is 2.89. The second-order valence-corrected chi connectivity index (χ2v) is 7.38. The second-order valence-electron chi connectivity index (χ2n) is 6.50. The van der Waals surface area contributed by atoms with Crippen molar-refractivity contribution in [3.8, 4) is 0 Å². The highest BCUT2D eigenvalue weighted by atomic mass is 35.5. The molecule has 0 aliphatic heterocycles. The zero-order chi connectivity index (χ0) is 20.9. The molecule has 2 nitrogen and oxygen atoms in total. The molecule has 1 fully saturated rings. The molecule has 2 unspecified atom stereocenters. The summed E-state index contributed by atoms with van der Waals surface area (Å²) < 4.78 is 97.4. The standard InChI is InChI=1S/C16H11Cl2F7O2/c1-14(2)7(5-9(17)15(18,22)23)10(14)13(26)27-16(24,25)6-3-4-8(19)12(21)11(6)20/h3-5,7,10H,1-2H3. The minimum atomic E-state index is -4.62. The molecule has 0 N–H and O–H groups in total. The molecule has 0 bridgehead atoms. The third kappa shape index (κ3) is 4.18. The summed E-state index contributed by atoms with van der Waals surface area (Å²) in [7, 11) is 0. The summed E-state index contributed by atoms with van der Waals surface area (Å²) in [4.78, 5) is 12.0. The van der Waals surface area contributed by atoms with Crippen LogP contribution in [0, 0.1) is 34.7 Å². The van der Waals surface area contributed by atoms with Gasteiger partial charge in [0.05, 0.1) is 11.0 Å². The van der Waals surface area contributed by atoms with Gasteiger partial charge in [0.1, 0.15) is 5.56 Å². The Balaban J connectivity index is 2.23. The van der Waals surface area contributed by atoms with Crippen LogP contribution in [0.15, 0.2) is 23.2 Å². The maximum absolute atomic E-state index is 14.0. The lowest BCUT2D eigenvalue weighted by Gasteiger charge is -2.18. The third-order valence-electron chi connectivity index (χ3n) is 4.34. The van der Waals surface area contributed by atoms with Crippen molar-refractivity contribution in [1.29, 1.82) is 0 Å². The molecule has 2 atom stereocenters. The van der Waals surface area contributed by atoms with Crippen LogP contribution in [0.5, 0.6) is 0 Å². The first-order valence-corrected chi connectivity index (χ1v) is 8.05. The number of ether oxygens (including phenoxy) is 1. The molecule has 0 heterocycles. The highest BCUT2D eigenvalue weighted by molar-refractivity contribution is 6.38. The quantitative estimate of drug-likeness (QED) is 0.246. The van der Waals surface area contributed by atoms with Gasteiger partial charge in [0.25, 0.3) is 0 Å². The van der Waals surface area contributed by atoms with E-state index in [0.717, 1.165) is 6.08 Å². The van der Waals surface area contributed by atoms with Crippen LogP contribution in [0.2, 0.25) is 0 Å². The van der Waals surface area contributed by atoms with E-state index in [0.29, 0.717) is 0 Å². The number of carbonyl (C=O) groups is 1. The summed E-state index contributed by atoms with van der Waals surface area (Å²) >= 11 is 10.1. The molecule has 1 aliphatic carbocycles. The lowest BCUT2D eigenvalue weighted by molar-refractivity contribution is -0.243. The number of esters is 1. The molecule has 1 aromatic rings. The number of rotatable bonds is 5. The second kappa shape index (κ2) is 6.84. The monoisotopic (exact) mass is 438 g/mol. The van der Waals surface area contributed by atoms with Gasteiger partial charge in [-0.1, -0.05) is 31.5 Å². The van der Waals surface area contributed by atoms with Crippen LogP contribution in [-0.4, -0.2) is 11.4 Å². The van der Waals surface area contributed by atoms with E-state index in [-0.39, 0.29) is 12.1 Å². The maximum Gasteiger partial charge on any atom is 0.431 e. The van der Waals surface area contributed by atoms with Crippen LogP contribution in [0.1, 0.15) is 19.4 Å². The van der Waals surface area contributed by atoms with Crippen molar-refractivity contribution in [3.05, 3.63) is 46.3 Å². The zero-order valence-electron chi connectivity index (χ0n) is 13.6. The predicted molar refractivity (Wildman–Crippen MR) is 81.8 cm³/mol. The molecule has 1 aromatic carbocycles. The van der Waals surface area contributed by atoms with E-state index in [2.05, 4.69) is 4.74 Å². The van der Waals surface area contributed by atoms with Gasteiger partial charge in [0, 0.05) is 0 Å². The first-order valence-electron chi connectivity index (χ1n) is 7.30. The van der Waals surface area contributed by atoms with E-state index in [4.69, 9.17) is 23.2 Å². The van der Waals surface area contributed by atoms with Crippen LogP contribution in [0.25, 0.3) is 0 Å². The van der Waals surface area contributed by atoms with Gasteiger partial charge in [-0.25, -0.2) is 13.2 Å². The first kappa shape index (κ1) is 21.8. The van der Waals surface area contributed by atoms with E-state index in [1.54, 1.807) is 0 Å². The zero-order valence-corrected chi connectivity index (χ0v) is 15.1. The van der Waals surface area contributed by atoms with Gasteiger partial charge in [-0.2, -0.15) is 17.6 Å². The maximum atomic E-state index is 14.0. The molecular formula is C16H11Cl2F7O2. The molecule has 11 heteroatoms. The van der Waals surface area contributed by atoms with Crippen LogP contribution in [0.4, 0.5) is 30.7 Å². The SMILES string of the molecule is CC1(C)C(C=C(Cl)C(F)(F)Cl)C1C(=O)OC(F)(F)c1ccc(F)c(F)c1F. The van der Waals surface area contributed by atoms with Crippen LogP contribution in [-0.2, 0) is 15.6 Å². The number of halogens is 9. The summed E-state index contributed by atoms with van der Waals surface area (Å²) in [6.45, 7) is 2.79. The molecule has 1 saturated carbocycles. The first-order chi connectivity index (χ1) is 12.1. The number of alkyl halides is 5. The summed E-state index contributed by atoms with van der Waals surface area (Å²) in [5.74, 6) is -9.96. The molecule has 0 amide bonds. The summed E-state index contributed by atoms with van der Waals surface area (Å²) in [5.41, 5.74) is -2.77. The largest absolute Gasteiger partial charge is 0.431 e. The Kier molecular flexibility index (Phi) is 5.53. The van der Waals surface area contributed by atoms with Crippen LogP contribution in [0.3, 0.4) is 0 Å². The Labute approximate surface area is 158 Å². The summed E-state index contributed by atoms with van der Waals surface area (Å²) in [5, 5.41) is -5.01. The van der Waals surface area contributed by atoms with Crippen molar-refractivity contribution >= 4 is 29.2 Å². The smallest absolute Gasteiger partial charge is 0.397 e. The fourth-order valence-electron chi connectivity index (χ4n) is 2.69. The number of carbonyl (C=O) groups excluding carboxylic acids is 1. The van der Waals surface area contributed by atoms with Crippen LogP contribution >= 0.6 is 23.2 Å². The van der Waals surface area contributed by atoms with Gasteiger partial charge in [0.15, 0.2) is 17.5 Å². The molecule has 0 radical (unpaired) electrons. The number of hydrogen-bond acceptors (Lipinski definition) is 2. The highest BCUT2D eigenvalue weighted by Gasteiger charge is 2.63. The van der Waals surface area contributed by atoms with Gasteiger partial charge >= 0.3 is 17.5 Å². The fraction of sp³-hybridized carbons (Fsp3) is 0.438. The van der Waals surface area contributed by atoms with E-state index in [9.17, 15) is 35.5 Å². The molecule has 0 saturated heterocycles. The average Bonchev–Trinajstić information content (AvgIpc) is 3.04. The molecular weight excluding hydrogens is 428 g/mol. The Morgan fingerprint density at radius 2 is 1.70 bits per heavy atom. The van der Waals surface area contributed by atoms with Crippen LogP contribution < -0.4 is 0 Å². The van der Waals surface area contributed by atoms with E-state index in [1.807, 2.05) is 0 Å². The molecule has 2 rings (SSSR count). The summed E-state index contributed by atoms with van der Waals surface area (Å²) in [6.07, 6.45) is -3.88. The van der Waals surface area contributed by atoms with Gasteiger partial charge in [-0.3, -0.25) is 4.79 Å². The molecule has 1 aliphatic rings. The topological polar surface area (TPSA) is 26.3 Å².